The minimum Gasteiger partial charge on any atom is -0.449 e. The van der Waals surface area contributed by atoms with Gasteiger partial charge in [0.15, 0.2) is 0 Å². The Labute approximate surface area is 116 Å². The van der Waals surface area contributed by atoms with Gasteiger partial charge in [-0.15, -0.1) is 0 Å². The molecule has 1 amide bonds. The normalized spacial score (nSPS) is 13.8. The third-order valence-corrected chi connectivity index (χ3v) is 2.76. The van der Waals surface area contributed by atoms with Gasteiger partial charge < -0.3 is 14.6 Å². The number of fused-ring (bicyclic) bond motifs is 1. The van der Waals surface area contributed by atoms with Crippen LogP contribution in [0.5, 0.6) is 5.75 Å². The summed E-state index contributed by atoms with van der Waals surface area (Å²) < 4.78 is 9.91. The molecule has 20 heavy (non-hydrogen) atoms. The molecule has 0 aliphatic carbocycles. The molecule has 1 N–H and O–H groups in total. The lowest BCUT2D eigenvalue weighted by Gasteiger charge is -2.24. The Morgan fingerprint density at radius 1 is 1.20 bits per heavy atom. The van der Waals surface area contributed by atoms with Crippen LogP contribution in [-0.4, -0.2) is 27.9 Å². The molecule has 0 unspecified atom stereocenters. The van der Waals surface area contributed by atoms with Crippen LogP contribution >= 0.6 is 0 Å². The first-order chi connectivity index (χ1) is 9.24. The number of carbonyl (C=O) groups is 2. The first-order valence-electron chi connectivity index (χ1n) is 6.25. The van der Waals surface area contributed by atoms with Crippen LogP contribution in [0.3, 0.4) is 0 Å². The van der Waals surface area contributed by atoms with E-state index in [1.807, 2.05) is 20.8 Å². The minimum absolute atomic E-state index is 0.252. The summed E-state index contributed by atoms with van der Waals surface area (Å²) in [4.78, 5) is 24.0. The number of amides is 1. The van der Waals surface area contributed by atoms with Crippen LogP contribution in [0.2, 0.25) is 0 Å². The molecule has 0 saturated carbocycles. The Hall–Kier alpha value is -2.24. The number of nitrogens with zero attached hydrogens (tertiary/aromatic N) is 1. The Morgan fingerprint density at radius 3 is 2.45 bits per heavy atom. The number of carboxylic acid groups (broad SMARTS) is 1. The van der Waals surface area contributed by atoms with Crippen molar-refractivity contribution in [2.45, 2.75) is 39.5 Å². The molecule has 1 aromatic carbocycles. The molecular formula is C14H17NO5. The molecule has 6 nitrogen and oxygen atoms in total. The van der Waals surface area contributed by atoms with E-state index in [-0.39, 0.29) is 11.8 Å². The van der Waals surface area contributed by atoms with Crippen molar-refractivity contribution in [1.29, 1.82) is 0 Å². The van der Waals surface area contributed by atoms with Crippen LogP contribution in [-0.2, 0) is 17.8 Å². The van der Waals surface area contributed by atoms with Crippen molar-refractivity contribution in [1.82, 2.24) is 4.90 Å². The van der Waals surface area contributed by atoms with Crippen molar-refractivity contribution >= 4 is 12.2 Å². The minimum atomic E-state index is -1.35. The number of carbonyl (C=O) groups excluding carboxylic acids is 1. The summed E-state index contributed by atoms with van der Waals surface area (Å²) in [6.45, 7) is 6.28. The largest absolute Gasteiger partial charge is 0.511 e. The van der Waals surface area contributed by atoms with Crippen molar-refractivity contribution in [3.8, 4) is 5.75 Å². The Bertz CT molecular complexity index is 547. The topological polar surface area (TPSA) is 76.1 Å². The third kappa shape index (κ3) is 3.40. The maximum Gasteiger partial charge on any atom is 0.511 e. The zero-order chi connectivity index (χ0) is 14.9. The van der Waals surface area contributed by atoms with Crippen molar-refractivity contribution in [3.05, 3.63) is 29.3 Å². The van der Waals surface area contributed by atoms with Crippen molar-refractivity contribution in [2.24, 2.45) is 0 Å². The fraction of sp³-hybridized carbons (Fsp3) is 0.429. The van der Waals surface area contributed by atoms with Crippen molar-refractivity contribution in [3.63, 3.8) is 0 Å². The second-order valence-electron chi connectivity index (χ2n) is 5.63. The quantitative estimate of drug-likeness (QED) is 0.631. The van der Waals surface area contributed by atoms with Gasteiger partial charge in [0, 0.05) is 13.1 Å². The van der Waals surface area contributed by atoms with Gasteiger partial charge in [0.1, 0.15) is 11.4 Å². The standard InChI is InChI=1S/C14H17NO5/c1-14(2,3)20-12(16)15-7-9-4-5-11(19-13(17)18)6-10(9)8-15/h4-6H,7-8H2,1-3H3,(H,17,18). The molecule has 108 valence electrons. The zero-order valence-electron chi connectivity index (χ0n) is 11.7. The van der Waals surface area contributed by atoms with Crippen LogP contribution < -0.4 is 4.74 Å². The number of ether oxygens (including phenoxy) is 2. The van der Waals surface area contributed by atoms with E-state index in [2.05, 4.69) is 4.74 Å². The van der Waals surface area contributed by atoms with E-state index in [1.54, 1.807) is 23.1 Å². The molecule has 1 heterocycles. The predicted molar refractivity (Wildman–Crippen MR) is 70.6 cm³/mol. The van der Waals surface area contributed by atoms with Gasteiger partial charge in [-0.2, -0.15) is 0 Å². The molecule has 0 spiro atoms. The first kappa shape index (κ1) is 14.2. The Kier molecular flexibility index (Phi) is 3.57. The van der Waals surface area contributed by atoms with E-state index >= 15 is 0 Å². The van der Waals surface area contributed by atoms with Crippen LogP contribution in [0.15, 0.2) is 18.2 Å². The van der Waals surface area contributed by atoms with Gasteiger partial charge in [-0.05, 0) is 44.0 Å². The summed E-state index contributed by atoms with van der Waals surface area (Å²) in [5.74, 6) is 0.252. The smallest absolute Gasteiger partial charge is 0.449 e. The maximum absolute atomic E-state index is 12.0. The average molecular weight is 279 g/mol. The molecule has 1 aromatic rings. The second kappa shape index (κ2) is 5.03. The molecule has 0 saturated heterocycles. The molecule has 0 aromatic heterocycles. The predicted octanol–water partition coefficient (Wildman–Crippen LogP) is 2.99. The molecular weight excluding hydrogens is 262 g/mol. The molecule has 0 radical (unpaired) electrons. The lowest BCUT2D eigenvalue weighted by Crippen LogP contribution is -2.33. The second-order valence-corrected chi connectivity index (χ2v) is 5.63. The molecule has 2 rings (SSSR count). The van der Waals surface area contributed by atoms with Gasteiger partial charge in [-0.3, -0.25) is 4.90 Å². The van der Waals surface area contributed by atoms with Crippen molar-refractivity contribution in [2.75, 3.05) is 0 Å². The fourth-order valence-corrected chi connectivity index (χ4v) is 1.99. The summed E-state index contributed by atoms with van der Waals surface area (Å²) in [5.41, 5.74) is 1.30. The van der Waals surface area contributed by atoms with Gasteiger partial charge in [0.2, 0.25) is 0 Å². The first-order valence-corrected chi connectivity index (χ1v) is 6.25. The number of rotatable bonds is 1. The number of benzene rings is 1. The van der Waals surface area contributed by atoms with Gasteiger partial charge in [0.05, 0.1) is 0 Å². The van der Waals surface area contributed by atoms with Crippen molar-refractivity contribution < 1.29 is 24.2 Å². The highest BCUT2D eigenvalue weighted by Gasteiger charge is 2.28. The van der Waals surface area contributed by atoms with E-state index in [1.165, 1.54) is 0 Å². The van der Waals surface area contributed by atoms with Crippen LogP contribution in [0.25, 0.3) is 0 Å². The van der Waals surface area contributed by atoms with E-state index in [4.69, 9.17) is 9.84 Å². The van der Waals surface area contributed by atoms with Gasteiger partial charge >= 0.3 is 12.2 Å². The zero-order valence-corrected chi connectivity index (χ0v) is 11.7. The van der Waals surface area contributed by atoms with Gasteiger partial charge in [-0.1, -0.05) is 6.07 Å². The van der Waals surface area contributed by atoms with Crippen LogP contribution in [0.4, 0.5) is 9.59 Å². The fourth-order valence-electron chi connectivity index (χ4n) is 1.99. The molecule has 1 aliphatic rings. The summed E-state index contributed by atoms with van der Waals surface area (Å²) in [6, 6.07) is 4.97. The summed E-state index contributed by atoms with van der Waals surface area (Å²) in [7, 11) is 0. The van der Waals surface area contributed by atoms with Gasteiger partial charge in [-0.25, -0.2) is 9.59 Å². The summed E-state index contributed by atoms with van der Waals surface area (Å²) >= 11 is 0. The number of hydrogen-bond donors (Lipinski definition) is 1. The highest BCUT2D eigenvalue weighted by molar-refractivity contribution is 5.69. The van der Waals surface area contributed by atoms with Crippen LogP contribution in [0, 0.1) is 0 Å². The third-order valence-electron chi connectivity index (χ3n) is 2.76. The highest BCUT2D eigenvalue weighted by Crippen LogP contribution is 2.28. The molecule has 0 bridgehead atoms. The van der Waals surface area contributed by atoms with E-state index in [0.29, 0.717) is 13.1 Å². The molecule has 1 aliphatic heterocycles. The Morgan fingerprint density at radius 2 is 1.85 bits per heavy atom. The average Bonchev–Trinajstić information content (AvgIpc) is 2.68. The lowest BCUT2D eigenvalue weighted by atomic mass is 10.1. The highest BCUT2D eigenvalue weighted by atomic mass is 16.7. The maximum atomic E-state index is 12.0. The molecule has 6 heteroatoms. The molecule has 0 fully saturated rings. The van der Waals surface area contributed by atoms with E-state index in [9.17, 15) is 9.59 Å². The van der Waals surface area contributed by atoms with E-state index in [0.717, 1.165) is 11.1 Å². The monoisotopic (exact) mass is 279 g/mol. The summed E-state index contributed by atoms with van der Waals surface area (Å²) in [5, 5.41) is 8.58. The SMILES string of the molecule is CC(C)(C)OC(=O)N1Cc2ccc(OC(=O)O)cc2C1. The van der Waals surface area contributed by atoms with E-state index < -0.39 is 11.8 Å². The lowest BCUT2D eigenvalue weighted by molar-refractivity contribution is 0.0241. The summed E-state index contributed by atoms with van der Waals surface area (Å²) in [6.07, 6.45) is -1.73. The Balaban J connectivity index is 2.07. The number of hydrogen-bond acceptors (Lipinski definition) is 4. The van der Waals surface area contributed by atoms with Crippen LogP contribution in [0.1, 0.15) is 31.9 Å². The molecule has 0 atom stereocenters. The van der Waals surface area contributed by atoms with Gasteiger partial charge in [0.25, 0.3) is 0 Å².